The average molecular weight is 376 g/mol. The predicted octanol–water partition coefficient (Wildman–Crippen LogP) is 3.92. The van der Waals surface area contributed by atoms with E-state index in [0.717, 1.165) is 11.6 Å². The first-order chi connectivity index (χ1) is 13.5. The molecule has 28 heavy (non-hydrogen) atoms. The molecule has 6 nitrogen and oxygen atoms in total. The molecule has 2 aromatic heterocycles. The fraction of sp³-hybridized carbons (Fsp3) is 0.136. The number of carbonyl (C=O) groups is 1. The molecule has 0 atom stereocenters. The topological polar surface area (TPSA) is 86.7 Å². The van der Waals surface area contributed by atoms with Gasteiger partial charge in [0.15, 0.2) is 5.43 Å². The number of rotatable bonds is 3. The van der Waals surface area contributed by atoms with Crippen LogP contribution in [0.5, 0.6) is 0 Å². The van der Waals surface area contributed by atoms with Crippen molar-refractivity contribution in [1.29, 1.82) is 0 Å². The van der Waals surface area contributed by atoms with Gasteiger partial charge in [-0.1, -0.05) is 37.3 Å². The standard InChI is InChI=1S/C22H16O6/c1-3-13-19(24)14-9-10-16-18(15(22(25)26-2)11-17(23)27-16)21(14)28-20(13)12-7-5-4-6-8-12/h4-11H,3H2,1-2H3. The van der Waals surface area contributed by atoms with E-state index >= 15 is 0 Å². The smallest absolute Gasteiger partial charge is 0.339 e. The van der Waals surface area contributed by atoms with Crippen molar-refractivity contribution in [3.05, 3.63) is 80.3 Å². The van der Waals surface area contributed by atoms with Gasteiger partial charge in [0.2, 0.25) is 0 Å². The molecule has 0 aliphatic rings. The fourth-order valence-electron chi connectivity index (χ4n) is 3.36. The van der Waals surface area contributed by atoms with Crippen molar-refractivity contribution in [2.24, 2.45) is 0 Å². The highest BCUT2D eigenvalue weighted by Gasteiger charge is 2.21. The summed E-state index contributed by atoms with van der Waals surface area (Å²) in [6.45, 7) is 1.88. The summed E-state index contributed by atoms with van der Waals surface area (Å²) in [7, 11) is 1.22. The minimum Gasteiger partial charge on any atom is -0.465 e. The third-order valence-electron chi connectivity index (χ3n) is 4.65. The van der Waals surface area contributed by atoms with Crippen molar-refractivity contribution in [2.75, 3.05) is 7.11 Å². The maximum absolute atomic E-state index is 13.1. The molecule has 2 aromatic carbocycles. The van der Waals surface area contributed by atoms with Crippen LogP contribution in [0.1, 0.15) is 22.8 Å². The van der Waals surface area contributed by atoms with Crippen LogP contribution in [0.3, 0.4) is 0 Å². The molecule has 0 amide bonds. The fourth-order valence-corrected chi connectivity index (χ4v) is 3.36. The van der Waals surface area contributed by atoms with Crippen molar-refractivity contribution >= 4 is 27.9 Å². The normalized spacial score (nSPS) is 11.1. The summed E-state index contributed by atoms with van der Waals surface area (Å²) in [5, 5.41) is 0.545. The Bertz CT molecular complexity index is 1330. The highest BCUT2D eigenvalue weighted by atomic mass is 16.5. The van der Waals surface area contributed by atoms with Gasteiger partial charge in [-0.25, -0.2) is 9.59 Å². The number of fused-ring (bicyclic) bond motifs is 3. The number of carbonyl (C=O) groups excluding carboxylic acids is 1. The lowest BCUT2D eigenvalue weighted by Crippen LogP contribution is -2.12. The Morgan fingerprint density at radius 1 is 1.04 bits per heavy atom. The minimum atomic E-state index is -0.714. The Kier molecular flexibility index (Phi) is 4.31. The minimum absolute atomic E-state index is 0.00856. The highest BCUT2D eigenvalue weighted by Crippen LogP contribution is 2.32. The van der Waals surface area contributed by atoms with Crippen LogP contribution in [0.25, 0.3) is 33.3 Å². The summed E-state index contributed by atoms with van der Waals surface area (Å²) in [4.78, 5) is 37.3. The zero-order chi connectivity index (χ0) is 19.8. The van der Waals surface area contributed by atoms with E-state index in [0.29, 0.717) is 23.1 Å². The van der Waals surface area contributed by atoms with Gasteiger partial charge >= 0.3 is 11.6 Å². The van der Waals surface area contributed by atoms with Crippen LogP contribution in [0.2, 0.25) is 0 Å². The molecule has 0 fully saturated rings. The van der Waals surface area contributed by atoms with Crippen molar-refractivity contribution in [3.63, 3.8) is 0 Å². The highest BCUT2D eigenvalue weighted by molar-refractivity contribution is 6.13. The second-order valence-electron chi connectivity index (χ2n) is 6.24. The number of hydrogen-bond acceptors (Lipinski definition) is 6. The number of benzene rings is 2. The Hall–Kier alpha value is -3.67. The maximum Gasteiger partial charge on any atom is 0.339 e. The molecule has 0 bridgehead atoms. The lowest BCUT2D eigenvalue weighted by atomic mass is 10.0. The molecule has 0 spiro atoms. The van der Waals surface area contributed by atoms with E-state index in [1.807, 2.05) is 37.3 Å². The summed E-state index contributed by atoms with van der Waals surface area (Å²) in [5.41, 5.74) is 0.720. The number of esters is 1. The second kappa shape index (κ2) is 6.81. The van der Waals surface area contributed by atoms with Crippen LogP contribution < -0.4 is 11.1 Å². The van der Waals surface area contributed by atoms with E-state index in [2.05, 4.69) is 0 Å². The molecular weight excluding hydrogens is 360 g/mol. The molecule has 4 aromatic rings. The molecule has 140 valence electrons. The van der Waals surface area contributed by atoms with Gasteiger partial charge in [0.05, 0.1) is 23.4 Å². The first kappa shape index (κ1) is 17.7. The van der Waals surface area contributed by atoms with Gasteiger partial charge in [0.25, 0.3) is 0 Å². The molecule has 0 saturated carbocycles. The number of ether oxygens (including phenoxy) is 1. The van der Waals surface area contributed by atoms with Crippen LogP contribution in [-0.2, 0) is 11.2 Å². The van der Waals surface area contributed by atoms with Crippen molar-refractivity contribution < 1.29 is 18.4 Å². The van der Waals surface area contributed by atoms with E-state index in [1.54, 1.807) is 6.07 Å². The van der Waals surface area contributed by atoms with Crippen LogP contribution >= 0.6 is 0 Å². The van der Waals surface area contributed by atoms with Crippen molar-refractivity contribution in [2.45, 2.75) is 13.3 Å². The second-order valence-corrected chi connectivity index (χ2v) is 6.24. The monoisotopic (exact) mass is 376 g/mol. The Labute approximate surface area is 159 Å². The molecule has 2 heterocycles. The lowest BCUT2D eigenvalue weighted by molar-refractivity contribution is 0.0602. The predicted molar refractivity (Wildman–Crippen MR) is 105 cm³/mol. The summed E-state index contributed by atoms with van der Waals surface area (Å²) in [6.07, 6.45) is 0.480. The molecule has 0 N–H and O–H groups in total. The van der Waals surface area contributed by atoms with Gasteiger partial charge in [0, 0.05) is 17.2 Å². The molecule has 0 saturated heterocycles. The zero-order valence-electron chi connectivity index (χ0n) is 15.3. The van der Waals surface area contributed by atoms with Gasteiger partial charge < -0.3 is 13.6 Å². The Balaban J connectivity index is 2.23. The molecule has 0 unspecified atom stereocenters. The van der Waals surface area contributed by atoms with E-state index < -0.39 is 11.6 Å². The number of hydrogen-bond donors (Lipinski definition) is 0. The van der Waals surface area contributed by atoms with Crippen molar-refractivity contribution in [1.82, 2.24) is 0 Å². The zero-order valence-corrected chi connectivity index (χ0v) is 15.3. The van der Waals surface area contributed by atoms with Gasteiger partial charge in [-0.3, -0.25) is 4.79 Å². The molecule has 0 radical (unpaired) electrons. The van der Waals surface area contributed by atoms with E-state index in [9.17, 15) is 14.4 Å². The lowest BCUT2D eigenvalue weighted by Gasteiger charge is -2.11. The summed E-state index contributed by atoms with van der Waals surface area (Å²) in [6, 6.07) is 13.3. The van der Waals surface area contributed by atoms with Gasteiger partial charge in [-0.15, -0.1) is 0 Å². The third-order valence-corrected chi connectivity index (χ3v) is 4.65. The number of methoxy groups -OCH3 is 1. The summed E-state index contributed by atoms with van der Waals surface area (Å²) < 4.78 is 16.2. The largest absolute Gasteiger partial charge is 0.465 e. The van der Waals surface area contributed by atoms with Crippen LogP contribution in [0, 0.1) is 0 Å². The molecule has 0 aliphatic carbocycles. The van der Waals surface area contributed by atoms with Gasteiger partial charge in [-0.05, 0) is 18.6 Å². The van der Waals surface area contributed by atoms with E-state index in [1.165, 1.54) is 13.2 Å². The maximum atomic E-state index is 13.1. The van der Waals surface area contributed by atoms with Crippen LogP contribution in [0.4, 0.5) is 0 Å². The summed E-state index contributed by atoms with van der Waals surface area (Å²) in [5.74, 6) is -0.288. The molecule has 6 heteroatoms. The average Bonchev–Trinajstić information content (AvgIpc) is 2.72. The van der Waals surface area contributed by atoms with Crippen molar-refractivity contribution in [3.8, 4) is 11.3 Å². The van der Waals surface area contributed by atoms with Gasteiger partial charge in [-0.2, -0.15) is 0 Å². The van der Waals surface area contributed by atoms with Crippen LogP contribution in [0.15, 0.2) is 67.0 Å². The Morgan fingerprint density at radius 2 is 1.79 bits per heavy atom. The van der Waals surface area contributed by atoms with E-state index in [-0.39, 0.29) is 27.5 Å². The molecule has 0 aliphatic heterocycles. The van der Waals surface area contributed by atoms with Crippen LogP contribution in [-0.4, -0.2) is 13.1 Å². The molecule has 4 rings (SSSR count). The first-order valence-electron chi connectivity index (χ1n) is 8.75. The third kappa shape index (κ3) is 2.70. The quantitative estimate of drug-likeness (QED) is 0.306. The van der Waals surface area contributed by atoms with E-state index in [4.69, 9.17) is 13.6 Å². The first-order valence-corrected chi connectivity index (χ1v) is 8.75. The van der Waals surface area contributed by atoms with Gasteiger partial charge in [0.1, 0.15) is 16.9 Å². The summed E-state index contributed by atoms with van der Waals surface area (Å²) >= 11 is 0. The Morgan fingerprint density at radius 3 is 2.46 bits per heavy atom. The SMILES string of the molecule is CCc1c(-c2ccccc2)oc2c(ccc3oc(=O)cc(C(=O)OC)c32)c1=O. The molecular formula is C22H16O6.